The lowest BCUT2D eigenvalue weighted by atomic mass is 10.0. The summed E-state index contributed by atoms with van der Waals surface area (Å²) >= 11 is 3.61. The summed E-state index contributed by atoms with van der Waals surface area (Å²) in [6, 6.07) is 6.20. The summed E-state index contributed by atoms with van der Waals surface area (Å²) in [4.78, 5) is 14.5. The molecule has 114 valence electrons. The molecule has 2 N–H and O–H groups in total. The first kappa shape index (κ1) is 15.0. The third kappa shape index (κ3) is 3.30. The van der Waals surface area contributed by atoms with Gasteiger partial charge in [0.15, 0.2) is 0 Å². The molecule has 0 unspecified atom stereocenters. The fraction of sp³-hybridized carbons (Fsp3) is 0.562. The molecule has 1 amide bonds. The number of β-amino-alcohol motifs (C(OH)–C–C–N with tert-alkyl or cyclic N) is 1. The highest BCUT2D eigenvalue weighted by molar-refractivity contribution is 9.10. The van der Waals surface area contributed by atoms with Crippen molar-refractivity contribution in [3.63, 3.8) is 0 Å². The Hall–Kier alpha value is -0.910. The van der Waals surface area contributed by atoms with Gasteiger partial charge in [-0.3, -0.25) is 4.79 Å². The van der Waals surface area contributed by atoms with E-state index in [1.165, 1.54) is 11.1 Å². The molecule has 21 heavy (non-hydrogen) atoms. The zero-order chi connectivity index (χ0) is 14.8. The number of fused-ring (bicyclic) bond motifs is 1. The summed E-state index contributed by atoms with van der Waals surface area (Å²) in [6.07, 6.45) is 2.06. The number of amides is 1. The molecule has 1 aromatic rings. The van der Waals surface area contributed by atoms with Crippen LogP contribution in [0.3, 0.4) is 0 Å². The van der Waals surface area contributed by atoms with E-state index >= 15 is 0 Å². The zero-order valence-corrected chi connectivity index (χ0v) is 13.6. The third-order valence-corrected chi connectivity index (χ3v) is 5.27. The van der Waals surface area contributed by atoms with E-state index in [0.717, 1.165) is 30.4 Å². The van der Waals surface area contributed by atoms with E-state index in [9.17, 15) is 9.90 Å². The van der Waals surface area contributed by atoms with Crippen LogP contribution >= 0.6 is 15.9 Å². The number of nitrogens with zero attached hydrogens (tertiary/aromatic N) is 1. The Morgan fingerprint density at radius 1 is 1.43 bits per heavy atom. The van der Waals surface area contributed by atoms with Crippen LogP contribution in [0.1, 0.15) is 24.0 Å². The van der Waals surface area contributed by atoms with Gasteiger partial charge < -0.3 is 15.3 Å². The van der Waals surface area contributed by atoms with Crippen molar-refractivity contribution in [3.05, 3.63) is 33.8 Å². The fourth-order valence-corrected chi connectivity index (χ4v) is 3.86. The molecule has 4 nitrogen and oxygen atoms in total. The van der Waals surface area contributed by atoms with Crippen molar-refractivity contribution in [1.82, 2.24) is 10.2 Å². The molecule has 2 atom stereocenters. The van der Waals surface area contributed by atoms with Crippen LogP contribution in [0.4, 0.5) is 0 Å². The summed E-state index contributed by atoms with van der Waals surface area (Å²) < 4.78 is 1.14. The predicted octanol–water partition coefficient (Wildman–Crippen LogP) is 1.69. The third-order valence-electron chi connectivity index (χ3n) is 4.53. The molecule has 0 radical (unpaired) electrons. The molecule has 3 rings (SSSR count). The number of aliphatic hydroxyl groups excluding tert-OH is 1. The lowest BCUT2D eigenvalue weighted by Gasteiger charge is -2.23. The Morgan fingerprint density at radius 2 is 2.29 bits per heavy atom. The van der Waals surface area contributed by atoms with Crippen molar-refractivity contribution in [3.8, 4) is 0 Å². The summed E-state index contributed by atoms with van der Waals surface area (Å²) in [6.45, 7) is 2.83. The number of carbonyl (C=O) groups excluding carboxylic acids is 1. The number of halogens is 1. The molecule has 1 saturated heterocycles. The molecule has 2 heterocycles. The number of nitrogens with one attached hydrogen (secondary N) is 1. The lowest BCUT2D eigenvalue weighted by molar-refractivity contribution is -0.133. The van der Waals surface area contributed by atoms with E-state index in [1.54, 1.807) is 0 Å². The molecule has 0 aromatic heterocycles. The van der Waals surface area contributed by atoms with Crippen LogP contribution < -0.4 is 5.32 Å². The maximum atomic E-state index is 12.5. The lowest BCUT2D eigenvalue weighted by Crippen LogP contribution is -2.34. The van der Waals surface area contributed by atoms with Gasteiger partial charge in [0.25, 0.3) is 0 Å². The second-order valence-corrected chi connectivity index (χ2v) is 6.84. The quantitative estimate of drug-likeness (QED) is 0.851. The highest BCUT2D eigenvalue weighted by Gasteiger charge is 2.29. The van der Waals surface area contributed by atoms with E-state index in [0.29, 0.717) is 19.5 Å². The first-order valence-electron chi connectivity index (χ1n) is 7.58. The molecule has 0 spiro atoms. The van der Waals surface area contributed by atoms with Crippen molar-refractivity contribution < 1.29 is 9.90 Å². The molecular weight excluding hydrogens is 332 g/mol. The molecule has 1 fully saturated rings. The average molecular weight is 353 g/mol. The molecule has 0 bridgehead atoms. The minimum absolute atomic E-state index is 0.0581. The first-order chi connectivity index (χ1) is 10.1. The van der Waals surface area contributed by atoms with Crippen LogP contribution in [0.25, 0.3) is 0 Å². The van der Waals surface area contributed by atoms with Gasteiger partial charge in [0.2, 0.25) is 5.91 Å². The molecule has 2 aliphatic rings. The van der Waals surface area contributed by atoms with E-state index in [4.69, 9.17) is 0 Å². The smallest absolute Gasteiger partial charge is 0.223 e. The Morgan fingerprint density at radius 3 is 3.05 bits per heavy atom. The van der Waals surface area contributed by atoms with E-state index in [2.05, 4.69) is 33.4 Å². The van der Waals surface area contributed by atoms with Gasteiger partial charge in [-0.05, 0) is 30.0 Å². The second-order valence-electron chi connectivity index (χ2n) is 5.99. The molecule has 2 aliphatic heterocycles. The maximum Gasteiger partial charge on any atom is 0.223 e. The predicted molar refractivity (Wildman–Crippen MR) is 84.9 cm³/mol. The minimum atomic E-state index is -0.387. The molecular formula is C16H21BrN2O2. The van der Waals surface area contributed by atoms with E-state index < -0.39 is 0 Å². The van der Waals surface area contributed by atoms with Gasteiger partial charge in [0, 0.05) is 43.0 Å². The van der Waals surface area contributed by atoms with Crippen LogP contribution in [-0.2, 0) is 17.8 Å². The van der Waals surface area contributed by atoms with Crippen molar-refractivity contribution in [2.45, 2.75) is 31.9 Å². The SMILES string of the molecule is O=C(C[C@@H]1CNC[C@H]1O)N1CCCc2c(Br)cccc2C1. The first-order valence-corrected chi connectivity index (χ1v) is 8.37. The largest absolute Gasteiger partial charge is 0.391 e. The topological polar surface area (TPSA) is 52.6 Å². The summed E-state index contributed by atoms with van der Waals surface area (Å²) in [5.41, 5.74) is 2.57. The van der Waals surface area contributed by atoms with Gasteiger partial charge in [-0.15, -0.1) is 0 Å². The number of hydrogen-bond acceptors (Lipinski definition) is 3. The highest BCUT2D eigenvalue weighted by Crippen LogP contribution is 2.27. The number of hydrogen-bond donors (Lipinski definition) is 2. The van der Waals surface area contributed by atoms with Crippen molar-refractivity contribution in [1.29, 1.82) is 0 Å². The number of rotatable bonds is 2. The van der Waals surface area contributed by atoms with Gasteiger partial charge in [-0.2, -0.15) is 0 Å². The summed E-state index contributed by atoms with van der Waals surface area (Å²) in [5.74, 6) is 0.221. The van der Waals surface area contributed by atoms with Gasteiger partial charge in [-0.25, -0.2) is 0 Å². The zero-order valence-electron chi connectivity index (χ0n) is 12.0. The van der Waals surface area contributed by atoms with Crippen LogP contribution in [0.2, 0.25) is 0 Å². The Labute approximate surface area is 133 Å². The standard InChI is InChI=1S/C16H21BrN2O2/c17-14-5-1-3-11-10-19(6-2-4-13(11)14)16(21)7-12-8-18-9-15(12)20/h1,3,5,12,15,18,20H,2,4,6-10H2/t12-,15-/m1/s1. The molecule has 0 aliphatic carbocycles. The molecule has 0 saturated carbocycles. The van der Waals surface area contributed by atoms with Crippen LogP contribution in [0, 0.1) is 5.92 Å². The molecule has 1 aromatic carbocycles. The highest BCUT2D eigenvalue weighted by atomic mass is 79.9. The molecule has 5 heteroatoms. The van der Waals surface area contributed by atoms with Gasteiger partial charge in [0.1, 0.15) is 0 Å². The van der Waals surface area contributed by atoms with E-state index in [-0.39, 0.29) is 17.9 Å². The van der Waals surface area contributed by atoms with Crippen molar-refractivity contribution in [2.24, 2.45) is 5.92 Å². The monoisotopic (exact) mass is 352 g/mol. The Bertz CT molecular complexity index is 535. The number of carbonyl (C=O) groups is 1. The number of benzene rings is 1. The Balaban J connectivity index is 1.70. The van der Waals surface area contributed by atoms with Crippen LogP contribution in [-0.4, -0.2) is 41.7 Å². The Kier molecular flexibility index (Phi) is 4.62. The van der Waals surface area contributed by atoms with Gasteiger partial charge in [-0.1, -0.05) is 28.1 Å². The van der Waals surface area contributed by atoms with Crippen molar-refractivity contribution >= 4 is 21.8 Å². The minimum Gasteiger partial charge on any atom is -0.391 e. The van der Waals surface area contributed by atoms with Crippen LogP contribution in [0.15, 0.2) is 22.7 Å². The summed E-state index contributed by atoms with van der Waals surface area (Å²) in [5, 5.41) is 13.0. The average Bonchev–Trinajstić information content (AvgIpc) is 2.75. The maximum absolute atomic E-state index is 12.5. The fourth-order valence-electron chi connectivity index (χ4n) is 3.26. The van der Waals surface area contributed by atoms with Crippen LogP contribution in [0.5, 0.6) is 0 Å². The van der Waals surface area contributed by atoms with Gasteiger partial charge in [0.05, 0.1) is 6.10 Å². The second kappa shape index (κ2) is 6.46. The van der Waals surface area contributed by atoms with Crippen molar-refractivity contribution in [2.75, 3.05) is 19.6 Å². The van der Waals surface area contributed by atoms with E-state index in [1.807, 2.05) is 11.0 Å². The van der Waals surface area contributed by atoms with Gasteiger partial charge >= 0.3 is 0 Å². The summed E-state index contributed by atoms with van der Waals surface area (Å²) in [7, 11) is 0. The number of aliphatic hydroxyl groups is 1. The normalized spacial score (nSPS) is 25.5.